The van der Waals surface area contributed by atoms with Crippen LogP contribution in [0.2, 0.25) is 0 Å². The van der Waals surface area contributed by atoms with Gasteiger partial charge in [-0.15, -0.1) is 0 Å². The Kier molecular flexibility index (Phi) is 4.99. The number of nitrogens with one attached hydrogen (secondary N) is 1. The van der Waals surface area contributed by atoms with Gasteiger partial charge in [0.25, 0.3) is 0 Å². The number of benzene rings is 1. The molecular weight excluding hydrogens is 264 g/mol. The molecule has 21 heavy (non-hydrogen) atoms. The van der Waals surface area contributed by atoms with Crippen LogP contribution >= 0.6 is 0 Å². The third kappa shape index (κ3) is 4.06. The van der Waals surface area contributed by atoms with Gasteiger partial charge in [-0.25, -0.2) is 0 Å². The molecule has 0 radical (unpaired) electrons. The fraction of sp³-hybridized carbons (Fsp3) is 0.529. The zero-order valence-corrected chi connectivity index (χ0v) is 13.0. The highest BCUT2D eigenvalue weighted by Gasteiger charge is 2.29. The largest absolute Gasteiger partial charge is 0.341 e. The summed E-state index contributed by atoms with van der Waals surface area (Å²) >= 11 is 0. The zero-order chi connectivity index (χ0) is 15.4. The molecule has 0 aromatic heterocycles. The number of nitrogens with zero attached hydrogens (tertiary/aromatic N) is 1. The van der Waals surface area contributed by atoms with E-state index in [1.54, 1.807) is 4.90 Å². The third-order valence-corrected chi connectivity index (χ3v) is 4.00. The van der Waals surface area contributed by atoms with E-state index in [1.807, 2.05) is 37.3 Å². The lowest BCUT2D eigenvalue weighted by molar-refractivity contribution is -0.147. The molecule has 1 aliphatic heterocycles. The van der Waals surface area contributed by atoms with Crippen LogP contribution in [-0.2, 0) is 9.59 Å². The van der Waals surface area contributed by atoms with Crippen molar-refractivity contribution >= 4 is 11.8 Å². The normalized spacial score (nSPS) is 23.5. The van der Waals surface area contributed by atoms with Gasteiger partial charge in [-0.2, -0.15) is 0 Å². The lowest BCUT2D eigenvalue weighted by Gasteiger charge is -2.34. The topological polar surface area (TPSA) is 49.4 Å². The molecule has 1 aliphatic rings. The van der Waals surface area contributed by atoms with E-state index in [0.717, 1.165) is 12.0 Å². The minimum Gasteiger partial charge on any atom is -0.341 e. The minimum atomic E-state index is -0.507. The average Bonchev–Trinajstić information content (AvgIpc) is 2.46. The Morgan fingerprint density at radius 3 is 2.29 bits per heavy atom. The van der Waals surface area contributed by atoms with E-state index in [2.05, 4.69) is 19.2 Å². The van der Waals surface area contributed by atoms with E-state index in [9.17, 15) is 9.59 Å². The second-order valence-electron chi connectivity index (χ2n) is 6.26. The van der Waals surface area contributed by atoms with Gasteiger partial charge >= 0.3 is 11.8 Å². The SMILES string of the molecule is CC1CC(C)CN(C(=O)C(=O)NC(C)c2ccccc2)C1. The van der Waals surface area contributed by atoms with Crippen LogP contribution in [0.15, 0.2) is 30.3 Å². The van der Waals surface area contributed by atoms with Crippen molar-refractivity contribution < 1.29 is 9.59 Å². The zero-order valence-electron chi connectivity index (χ0n) is 13.0. The molecule has 1 fully saturated rings. The van der Waals surface area contributed by atoms with E-state index in [4.69, 9.17) is 0 Å². The molecule has 0 saturated carbocycles. The second kappa shape index (κ2) is 6.74. The van der Waals surface area contributed by atoms with Crippen LogP contribution in [0.4, 0.5) is 0 Å². The number of carbonyl (C=O) groups excluding carboxylic acids is 2. The summed E-state index contributed by atoms with van der Waals surface area (Å²) in [5.41, 5.74) is 0.999. The van der Waals surface area contributed by atoms with Crippen molar-refractivity contribution in [3.05, 3.63) is 35.9 Å². The van der Waals surface area contributed by atoms with Gasteiger partial charge in [0.05, 0.1) is 6.04 Å². The third-order valence-electron chi connectivity index (χ3n) is 4.00. The maximum absolute atomic E-state index is 12.3. The van der Waals surface area contributed by atoms with Crippen LogP contribution in [0.5, 0.6) is 0 Å². The number of hydrogen-bond acceptors (Lipinski definition) is 2. The Bertz CT molecular complexity index is 491. The summed E-state index contributed by atoms with van der Waals surface area (Å²) < 4.78 is 0. The molecule has 1 aromatic carbocycles. The fourth-order valence-corrected chi connectivity index (χ4v) is 3.06. The molecule has 0 aliphatic carbocycles. The Balaban J connectivity index is 1.95. The van der Waals surface area contributed by atoms with Crippen LogP contribution in [0.3, 0.4) is 0 Å². The maximum Gasteiger partial charge on any atom is 0.311 e. The molecule has 1 N–H and O–H groups in total. The van der Waals surface area contributed by atoms with E-state index in [1.165, 1.54) is 0 Å². The van der Waals surface area contributed by atoms with Gasteiger partial charge in [-0.05, 0) is 30.7 Å². The highest BCUT2D eigenvalue weighted by atomic mass is 16.2. The maximum atomic E-state index is 12.3. The molecule has 3 atom stereocenters. The molecule has 0 spiro atoms. The summed E-state index contributed by atoms with van der Waals surface area (Å²) in [6.45, 7) is 7.50. The summed E-state index contributed by atoms with van der Waals surface area (Å²) in [5.74, 6) is -0.00192. The van der Waals surface area contributed by atoms with Crippen molar-refractivity contribution in [2.24, 2.45) is 11.8 Å². The van der Waals surface area contributed by atoms with Crippen LogP contribution in [0, 0.1) is 11.8 Å². The first kappa shape index (κ1) is 15.5. The molecule has 114 valence electrons. The monoisotopic (exact) mass is 288 g/mol. The first-order valence-electron chi connectivity index (χ1n) is 7.62. The lowest BCUT2D eigenvalue weighted by Crippen LogP contribution is -2.49. The number of piperidine rings is 1. The Labute approximate surface area is 126 Å². The molecule has 1 saturated heterocycles. The summed E-state index contributed by atoms with van der Waals surface area (Å²) in [4.78, 5) is 26.1. The molecular formula is C17H24N2O2. The molecule has 2 rings (SSSR count). The van der Waals surface area contributed by atoms with Gasteiger partial charge < -0.3 is 10.2 Å². The molecule has 2 amide bonds. The molecule has 4 heteroatoms. The van der Waals surface area contributed by atoms with E-state index >= 15 is 0 Å². The van der Waals surface area contributed by atoms with Crippen molar-refractivity contribution in [3.8, 4) is 0 Å². The molecule has 1 aromatic rings. The Morgan fingerprint density at radius 2 is 1.71 bits per heavy atom. The highest BCUT2D eigenvalue weighted by Crippen LogP contribution is 2.21. The summed E-state index contributed by atoms with van der Waals surface area (Å²) in [7, 11) is 0. The number of carbonyl (C=O) groups is 2. The van der Waals surface area contributed by atoms with Gasteiger partial charge in [0.2, 0.25) is 0 Å². The number of likely N-dealkylation sites (tertiary alicyclic amines) is 1. The average molecular weight is 288 g/mol. The van der Waals surface area contributed by atoms with Crippen LogP contribution < -0.4 is 5.32 Å². The molecule has 4 nitrogen and oxygen atoms in total. The summed E-state index contributed by atoms with van der Waals surface area (Å²) in [6, 6.07) is 9.50. The second-order valence-corrected chi connectivity index (χ2v) is 6.26. The predicted molar refractivity (Wildman–Crippen MR) is 82.5 cm³/mol. The van der Waals surface area contributed by atoms with Gasteiger partial charge in [-0.1, -0.05) is 44.2 Å². The first-order valence-corrected chi connectivity index (χ1v) is 7.62. The highest BCUT2D eigenvalue weighted by molar-refractivity contribution is 6.35. The molecule has 0 bridgehead atoms. The van der Waals surface area contributed by atoms with Gasteiger partial charge in [-0.3, -0.25) is 9.59 Å². The lowest BCUT2D eigenvalue weighted by atomic mass is 9.92. The van der Waals surface area contributed by atoms with Crippen molar-refractivity contribution in [2.45, 2.75) is 33.2 Å². The standard InChI is InChI=1S/C17H24N2O2/c1-12-9-13(2)11-19(10-12)17(21)16(20)18-14(3)15-7-5-4-6-8-15/h4-8,12-14H,9-11H2,1-3H3,(H,18,20). The van der Waals surface area contributed by atoms with Crippen molar-refractivity contribution in [2.75, 3.05) is 13.1 Å². The summed E-state index contributed by atoms with van der Waals surface area (Å²) in [5, 5.41) is 2.79. The molecule has 1 heterocycles. The summed E-state index contributed by atoms with van der Waals surface area (Å²) in [6.07, 6.45) is 1.12. The van der Waals surface area contributed by atoms with E-state index in [0.29, 0.717) is 24.9 Å². The number of amides is 2. The minimum absolute atomic E-state index is 0.165. The molecule has 3 unspecified atom stereocenters. The van der Waals surface area contributed by atoms with Gasteiger partial charge in [0.1, 0.15) is 0 Å². The van der Waals surface area contributed by atoms with Crippen LogP contribution in [-0.4, -0.2) is 29.8 Å². The predicted octanol–water partition coefficient (Wildman–Crippen LogP) is 2.37. The van der Waals surface area contributed by atoms with Crippen molar-refractivity contribution in [3.63, 3.8) is 0 Å². The van der Waals surface area contributed by atoms with Crippen molar-refractivity contribution in [1.82, 2.24) is 10.2 Å². The Hall–Kier alpha value is -1.84. The van der Waals surface area contributed by atoms with Crippen molar-refractivity contribution in [1.29, 1.82) is 0 Å². The van der Waals surface area contributed by atoms with E-state index in [-0.39, 0.29) is 6.04 Å². The first-order chi connectivity index (χ1) is 9.97. The quantitative estimate of drug-likeness (QED) is 0.849. The van der Waals surface area contributed by atoms with Crippen LogP contribution in [0.25, 0.3) is 0 Å². The number of rotatable bonds is 2. The van der Waals surface area contributed by atoms with Gasteiger partial charge in [0.15, 0.2) is 0 Å². The smallest absolute Gasteiger partial charge is 0.311 e. The van der Waals surface area contributed by atoms with Crippen LogP contribution in [0.1, 0.15) is 38.8 Å². The Morgan fingerprint density at radius 1 is 1.14 bits per heavy atom. The number of hydrogen-bond donors (Lipinski definition) is 1. The van der Waals surface area contributed by atoms with E-state index < -0.39 is 11.8 Å². The van der Waals surface area contributed by atoms with Gasteiger partial charge in [0, 0.05) is 13.1 Å². The fourth-order valence-electron chi connectivity index (χ4n) is 3.06.